The molecule has 7 rings (SSSR count). The molecule has 0 aliphatic carbocycles. The Morgan fingerprint density at radius 1 is 1.10 bits per heavy atom. The van der Waals surface area contributed by atoms with Crippen LogP contribution >= 0.6 is 22.9 Å². The van der Waals surface area contributed by atoms with E-state index >= 15 is 0 Å². The molecule has 10 heteroatoms. The highest BCUT2D eigenvalue weighted by Crippen LogP contribution is 2.44. The number of aromatic nitrogens is 4. The van der Waals surface area contributed by atoms with Crippen LogP contribution in [0.2, 0.25) is 30.7 Å². The largest absolute Gasteiger partial charge is 0.381 e. The van der Waals surface area contributed by atoms with Gasteiger partial charge >= 0.3 is 0 Å². The quantitative estimate of drug-likeness (QED) is 0.149. The minimum Gasteiger partial charge on any atom is -0.381 e. The molecule has 2 bridgehead atoms. The van der Waals surface area contributed by atoms with Crippen molar-refractivity contribution in [2.45, 2.75) is 89.4 Å². The van der Waals surface area contributed by atoms with Gasteiger partial charge in [0.2, 0.25) is 0 Å². The minimum atomic E-state index is -1.18. The van der Waals surface area contributed by atoms with Crippen molar-refractivity contribution in [2.24, 2.45) is 5.92 Å². The van der Waals surface area contributed by atoms with E-state index in [0.717, 1.165) is 86.6 Å². The number of nitrogens with zero attached hydrogens (tertiary/aromatic N) is 5. The summed E-state index contributed by atoms with van der Waals surface area (Å²) in [5.41, 5.74) is 4.65. The normalized spacial score (nSPS) is 24.8. The summed E-state index contributed by atoms with van der Waals surface area (Å²) in [6.07, 6.45) is 10.1. The topological polar surface area (TPSA) is 65.3 Å². The molecule has 0 saturated carbocycles. The monoisotopic (exact) mass is 609 g/mol. The minimum absolute atomic E-state index is 0.361. The number of piperidine rings is 1. The molecule has 41 heavy (non-hydrogen) atoms. The van der Waals surface area contributed by atoms with Gasteiger partial charge < -0.3 is 18.9 Å². The van der Waals surface area contributed by atoms with Crippen molar-refractivity contribution in [2.75, 3.05) is 24.7 Å². The van der Waals surface area contributed by atoms with Gasteiger partial charge in [-0.2, -0.15) is 0 Å². The first-order valence-electron chi connectivity index (χ1n) is 15.1. The second-order valence-corrected chi connectivity index (χ2v) is 20.5. The highest BCUT2D eigenvalue weighted by molar-refractivity contribution is 7.19. The standard InChI is InChI=1S/C31H40ClN5O2SSi/c1-19-13-21-5-6-22(14-19)37(21)26-15-33-28-24(16-36(30(28)35-26)18-39-11-12-41(2,3)4)23-7-8-25-29(27(23)32)40-31(34-25)20-9-10-38-17-20/h7-8,15-16,19-22H,5-6,9-14,17-18H2,1-4H3/t19?,20?,21-,22+. The maximum absolute atomic E-state index is 7.14. The molecule has 1 aromatic carbocycles. The predicted octanol–water partition coefficient (Wildman–Crippen LogP) is 7.94. The number of rotatable bonds is 8. The van der Waals surface area contributed by atoms with Crippen LogP contribution in [0.3, 0.4) is 0 Å². The Hall–Kier alpha value is -2.04. The maximum Gasteiger partial charge on any atom is 0.163 e. The van der Waals surface area contributed by atoms with Gasteiger partial charge in [0.05, 0.1) is 33.1 Å². The molecule has 3 aliphatic heterocycles. The number of ether oxygens (including phenoxy) is 2. The molecule has 3 aliphatic rings. The Morgan fingerprint density at radius 3 is 2.63 bits per heavy atom. The molecule has 3 aromatic heterocycles. The average Bonchev–Trinajstić information content (AvgIpc) is 3.71. The third kappa shape index (κ3) is 5.33. The molecule has 3 saturated heterocycles. The van der Waals surface area contributed by atoms with E-state index in [4.69, 9.17) is 36.0 Å². The zero-order valence-corrected chi connectivity index (χ0v) is 27.1. The van der Waals surface area contributed by atoms with Gasteiger partial charge in [-0.05, 0) is 50.1 Å². The van der Waals surface area contributed by atoms with Crippen molar-refractivity contribution in [1.29, 1.82) is 0 Å². The molecule has 218 valence electrons. The summed E-state index contributed by atoms with van der Waals surface area (Å²) in [6.45, 7) is 12.3. The highest BCUT2D eigenvalue weighted by atomic mass is 35.5. The number of benzene rings is 1. The van der Waals surface area contributed by atoms with Gasteiger partial charge in [-0.25, -0.2) is 15.0 Å². The summed E-state index contributed by atoms with van der Waals surface area (Å²) in [6, 6.07) is 6.44. The predicted molar refractivity (Wildman–Crippen MR) is 171 cm³/mol. The van der Waals surface area contributed by atoms with Gasteiger partial charge in [0.1, 0.15) is 18.1 Å². The summed E-state index contributed by atoms with van der Waals surface area (Å²) in [5, 5.41) is 1.85. The van der Waals surface area contributed by atoms with Gasteiger partial charge in [-0.3, -0.25) is 0 Å². The molecule has 0 amide bonds. The van der Waals surface area contributed by atoms with E-state index in [-0.39, 0.29) is 0 Å². The van der Waals surface area contributed by atoms with Gasteiger partial charge in [0.15, 0.2) is 5.65 Å². The van der Waals surface area contributed by atoms with E-state index in [9.17, 15) is 0 Å². The summed E-state index contributed by atoms with van der Waals surface area (Å²) >= 11 is 8.84. The van der Waals surface area contributed by atoms with E-state index in [2.05, 4.69) is 54.4 Å². The van der Waals surface area contributed by atoms with Crippen molar-refractivity contribution >= 4 is 58.2 Å². The van der Waals surface area contributed by atoms with Crippen molar-refractivity contribution in [3.8, 4) is 11.1 Å². The van der Waals surface area contributed by atoms with Gasteiger partial charge in [-0.15, -0.1) is 11.3 Å². The third-order valence-electron chi connectivity index (χ3n) is 9.10. The lowest BCUT2D eigenvalue weighted by Crippen LogP contribution is -2.43. The number of anilines is 1. The Bertz CT molecular complexity index is 1560. The lowest BCUT2D eigenvalue weighted by Gasteiger charge is -2.38. The smallest absolute Gasteiger partial charge is 0.163 e. The highest BCUT2D eigenvalue weighted by Gasteiger charge is 2.40. The van der Waals surface area contributed by atoms with Gasteiger partial charge in [0, 0.05) is 56.6 Å². The van der Waals surface area contributed by atoms with Crippen LogP contribution in [0.1, 0.15) is 50.0 Å². The van der Waals surface area contributed by atoms with E-state index in [1.807, 2.05) is 6.20 Å². The van der Waals surface area contributed by atoms with Crippen LogP contribution in [-0.2, 0) is 16.2 Å². The van der Waals surface area contributed by atoms with Crippen molar-refractivity contribution in [3.05, 3.63) is 34.6 Å². The fourth-order valence-corrected chi connectivity index (χ4v) is 9.17. The van der Waals surface area contributed by atoms with Crippen molar-refractivity contribution in [1.82, 2.24) is 19.5 Å². The molecule has 3 fully saturated rings. The van der Waals surface area contributed by atoms with Crippen LogP contribution in [-0.4, -0.2) is 59.5 Å². The Labute approximate surface area is 252 Å². The number of hydrogen-bond acceptors (Lipinski definition) is 7. The molecule has 4 aromatic rings. The SMILES string of the molecule is CC1C[C@H]2CC[C@@H](C1)N2c1cnc2c(-c3ccc4nc(C5CCOC5)sc4c3Cl)cn(COCC[Si](C)(C)C)c2n1. The molecule has 0 spiro atoms. The molecular weight excluding hydrogens is 570 g/mol. The summed E-state index contributed by atoms with van der Waals surface area (Å²) < 4.78 is 15.0. The van der Waals surface area contributed by atoms with Gasteiger partial charge in [0.25, 0.3) is 0 Å². The van der Waals surface area contributed by atoms with Crippen LogP contribution in [0.15, 0.2) is 24.5 Å². The molecule has 7 nitrogen and oxygen atoms in total. The zero-order chi connectivity index (χ0) is 28.3. The first kappa shape index (κ1) is 27.8. The second-order valence-electron chi connectivity index (χ2n) is 13.5. The molecule has 6 heterocycles. The Balaban J connectivity index is 1.27. The van der Waals surface area contributed by atoms with Crippen LogP contribution in [0.25, 0.3) is 32.5 Å². The first-order chi connectivity index (χ1) is 19.7. The van der Waals surface area contributed by atoms with Crippen molar-refractivity contribution < 1.29 is 9.47 Å². The van der Waals surface area contributed by atoms with E-state index in [1.165, 1.54) is 25.7 Å². The van der Waals surface area contributed by atoms with Crippen LogP contribution < -0.4 is 4.90 Å². The maximum atomic E-state index is 7.14. The Kier molecular flexibility index (Phi) is 7.38. The summed E-state index contributed by atoms with van der Waals surface area (Å²) in [5.74, 6) is 2.14. The fourth-order valence-electron chi connectivity index (χ4n) is 6.91. The molecule has 0 radical (unpaired) electrons. The molecule has 2 unspecified atom stereocenters. The summed E-state index contributed by atoms with van der Waals surface area (Å²) in [7, 11) is -1.18. The van der Waals surface area contributed by atoms with E-state index in [1.54, 1.807) is 11.3 Å². The number of fused-ring (bicyclic) bond motifs is 4. The average molecular weight is 610 g/mol. The molecular formula is C31H40ClN5O2SSi. The number of hydrogen-bond donors (Lipinski definition) is 0. The van der Waals surface area contributed by atoms with E-state index < -0.39 is 8.07 Å². The second kappa shape index (κ2) is 10.9. The summed E-state index contributed by atoms with van der Waals surface area (Å²) in [4.78, 5) is 17.8. The third-order valence-corrected chi connectivity index (χ3v) is 12.6. The fraction of sp³-hybridized carbons (Fsp3) is 0.581. The van der Waals surface area contributed by atoms with Crippen LogP contribution in [0.5, 0.6) is 0 Å². The number of halogens is 1. The van der Waals surface area contributed by atoms with E-state index in [0.29, 0.717) is 24.7 Å². The van der Waals surface area contributed by atoms with Crippen LogP contribution in [0, 0.1) is 5.92 Å². The van der Waals surface area contributed by atoms with Crippen molar-refractivity contribution in [3.63, 3.8) is 0 Å². The lowest BCUT2D eigenvalue weighted by atomic mass is 9.92. The Morgan fingerprint density at radius 2 is 1.90 bits per heavy atom. The lowest BCUT2D eigenvalue weighted by molar-refractivity contribution is 0.0899. The zero-order valence-electron chi connectivity index (χ0n) is 24.5. The van der Waals surface area contributed by atoms with Crippen LogP contribution in [0.4, 0.5) is 5.82 Å². The molecule has 4 atom stereocenters. The molecule has 0 N–H and O–H groups in total. The first-order valence-corrected chi connectivity index (χ1v) is 20.0. The number of thiazole rings is 1. The van der Waals surface area contributed by atoms with Gasteiger partial charge in [-0.1, -0.05) is 44.2 Å².